The SMILES string of the molecule is Nc1nc2c(ncn2[C@@H]2O[C@@H](COP(=O)(O)OP(=O)(O)OP(=O)(O)O)[C@@H](O)[C@H]2O)c(=O)[nH]1.[Na].[Na].[Na]. The number of nitrogens with two attached hydrogens (primary N) is 1. The molecule has 183 valence electrons. The Balaban J connectivity index is 0.00000385. The summed E-state index contributed by atoms with van der Waals surface area (Å²) in [7, 11) is -16.8. The zero-order valence-electron chi connectivity index (χ0n) is 18.3. The number of aromatic nitrogens is 4. The molecule has 3 rings (SSSR count). The second kappa shape index (κ2) is 13.7. The number of aliphatic hydroxyl groups is 2. The first kappa shape index (κ1) is 36.4. The molecule has 35 heavy (non-hydrogen) atoms. The maximum absolute atomic E-state index is 11.9. The quantitative estimate of drug-likeness (QED) is 0.109. The van der Waals surface area contributed by atoms with E-state index in [4.69, 9.17) is 25.2 Å². The van der Waals surface area contributed by atoms with Crippen LogP contribution in [0.3, 0.4) is 0 Å². The van der Waals surface area contributed by atoms with Crippen molar-refractivity contribution in [2.45, 2.75) is 24.5 Å². The summed E-state index contributed by atoms with van der Waals surface area (Å²) in [4.78, 5) is 57.3. The summed E-state index contributed by atoms with van der Waals surface area (Å²) in [6.07, 6.45) is -5.33. The Bertz CT molecular complexity index is 1220. The fraction of sp³-hybridized carbons (Fsp3) is 0.500. The summed E-state index contributed by atoms with van der Waals surface area (Å²) in [6.45, 7) is -1.01. The smallest absolute Gasteiger partial charge is 0.387 e. The fourth-order valence-corrected chi connectivity index (χ4v) is 5.73. The van der Waals surface area contributed by atoms with E-state index in [2.05, 4.69) is 28.1 Å². The summed E-state index contributed by atoms with van der Waals surface area (Å²) in [6, 6.07) is 0. The molecule has 25 heteroatoms. The maximum atomic E-state index is 11.9. The van der Waals surface area contributed by atoms with E-state index < -0.39 is 60.2 Å². The predicted octanol–water partition coefficient (Wildman–Crippen LogP) is -3.48. The van der Waals surface area contributed by atoms with E-state index >= 15 is 0 Å². The van der Waals surface area contributed by atoms with Crippen LogP contribution in [0.5, 0.6) is 0 Å². The van der Waals surface area contributed by atoms with Gasteiger partial charge in [0.25, 0.3) is 5.56 Å². The molecule has 0 saturated carbocycles. The van der Waals surface area contributed by atoms with Crippen LogP contribution in [0.1, 0.15) is 6.23 Å². The number of aliphatic hydroxyl groups excluding tert-OH is 2. The van der Waals surface area contributed by atoms with Crippen molar-refractivity contribution < 1.29 is 61.4 Å². The van der Waals surface area contributed by atoms with Crippen molar-refractivity contribution in [3.05, 3.63) is 16.7 Å². The topological polar surface area (TPSA) is 299 Å². The number of nitrogens with zero attached hydrogens (tertiary/aromatic N) is 3. The first-order valence-corrected chi connectivity index (χ1v) is 12.6. The van der Waals surface area contributed by atoms with E-state index in [0.717, 1.165) is 10.9 Å². The van der Waals surface area contributed by atoms with E-state index in [9.17, 15) is 33.6 Å². The van der Waals surface area contributed by atoms with Crippen molar-refractivity contribution in [1.29, 1.82) is 0 Å². The number of phosphoric ester groups is 1. The molecule has 1 aliphatic heterocycles. The normalized spacial score (nSPS) is 25.5. The van der Waals surface area contributed by atoms with E-state index in [1.165, 1.54) is 0 Å². The molecule has 2 aromatic rings. The Morgan fingerprint density at radius 3 is 2.23 bits per heavy atom. The van der Waals surface area contributed by atoms with Gasteiger partial charge in [0.2, 0.25) is 5.95 Å². The Labute approximate surface area is 261 Å². The van der Waals surface area contributed by atoms with Gasteiger partial charge in [0, 0.05) is 88.7 Å². The van der Waals surface area contributed by atoms with Gasteiger partial charge < -0.3 is 40.3 Å². The number of phosphoric acid groups is 3. The molecule has 3 heterocycles. The average Bonchev–Trinajstić information content (AvgIpc) is 3.12. The number of hydrogen-bond donors (Lipinski definition) is 8. The molecule has 0 aromatic carbocycles. The number of rotatable bonds is 8. The van der Waals surface area contributed by atoms with Crippen molar-refractivity contribution in [2.75, 3.05) is 12.3 Å². The fourth-order valence-electron chi connectivity index (χ4n) is 2.70. The van der Waals surface area contributed by atoms with Gasteiger partial charge in [0.15, 0.2) is 17.4 Å². The first-order valence-electron chi connectivity index (χ1n) is 8.11. The van der Waals surface area contributed by atoms with E-state index in [1.807, 2.05) is 0 Å². The van der Waals surface area contributed by atoms with Gasteiger partial charge >= 0.3 is 23.5 Å². The molecule has 1 saturated heterocycles. The number of hydrogen-bond acceptors (Lipinski definition) is 13. The van der Waals surface area contributed by atoms with Gasteiger partial charge in [-0.3, -0.25) is 18.9 Å². The van der Waals surface area contributed by atoms with Crippen LogP contribution in [0, 0.1) is 0 Å². The molecule has 1 aliphatic rings. The van der Waals surface area contributed by atoms with Gasteiger partial charge in [0.05, 0.1) is 12.9 Å². The van der Waals surface area contributed by atoms with Crippen LogP contribution < -0.4 is 11.3 Å². The Hall–Kier alpha value is 1.44. The molecule has 3 radical (unpaired) electrons. The summed E-state index contributed by atoms with van der Waals surface area (Å²) in [5, 5.41) is 20.4. The van der Waals surface area contributed by atoms with Crippen molar-refractivity contribution >= 4 is 129 Å². The minimum Gasteiger partial charge on any atom is -0.387 e. The molecule has 1 fully saturated rings. The van der Waals surface area contributed by atoms with E-state index in [-0.39, 0.29) is 106 Å². The molecular weight excluding hydrogens is 576 g/mol. The number of H-pyrrole nitrogens is 1. The molecule has 2 unspecified atom stereocenters. The van der Waals surface area contributed by atoms with Crippen LogP contribution in [0.15, 0.2) is 11.1 Å². The van der Waals surface area contributed by atoms with Gasteiger partial charge in [-0.2, -0.15) is 13.6 Å². The van der Waals surface area contributed by atoms with Gasteiger partial charge in [-0.05, 0) is 0 Å². The Morgan fingerprint density at radius 1 is 1.06 bits per heavy atom. The zero-order chi connectivity index (χ0) is 24.1. The molecular formula is C10H16N5Na3O14P3. The van der Waals surface area contributed by atoms with Gasteiger partial charge in [-0.15, -0.1) is 0 Å². The third-order valence-electron chi connectivity index (χ3n) is 3.88. The third-order valence-corrected chi connectivity index (χ3v) is 7.68. The minimum absolute atomic E-state index is 0. The molecule has 9 N–H and O–H groups in total. The summed E-state index contributed by atoms with van der Waals surface area (Å²) < 4.78 is 51.6. The van der Waals surface area contributed by atoms with Crippen LogP contribution in [0.2, 0.25) is 0 Å². The van der Waals surface area contributed by atoms with Crippen molar-refractivity contribution in [1.82, 2.24) is 19.5 Å². The largest absolute Gasteiger partial charge is 0.490 e. The number of anilines is 1. The molecule has 6 atom stereocenters. The number of imidazole rings is 1. The molecule has 0 spiro atoms. The van der Waals surface area contributed by atoms with Crippen LogP contribution in [-0.2, 0) is 31.6 Å². The molecule has 0 bridgehead atoms. The summed E-state index contributed by atoms with van der Waals surface area (Å²) >= 11 is 0. The Kier molecular flexibility index (Phi) is 14.2. The standard InChI is InChI=1S/C10H16N5O14P3.3Na/c11-10-13-7-4(8(18)14-10)12-2-15(7)9-6(17)5(16)3(27-9)1-26-31(22,23)29-32(24,25)28-30(19,20)21;;;/h2-3,5-6,9,16-17H,1H2,(H,22,23)(H,24,25)(H2,19,20,21)(H3,11,13,14,18);;;/t3-,5+,6+,9+;;;/m0.../s1. The second-order valence-corrected chi connectivity index (χ2v) is 10.6. The first-order chi connectivity index (χ1) is 14.6. The summed E-state index contributed by atoms with van der Waals surface area (Å²) in [5.41, 5.74) is 4.50. The van der Waals surface area contributed by atoms with Gasteiger partial charge in [0.1, 0.15) is 18.3 Å². The van der Waals surface area contributed by atoms with Crippen LogP contribution >= 0.6 is 23.5 Å². The van der Waals surface area contributed by atoms with Crippen LogP contribution in [-0.4, -0.2) is 163 Å². The van der Waals surface area contributed by atoms with Crippen molar-refractivity contribution in [3.8, 4) is 0 Å². The number of nitrogen functional groups attached to an aromatic ring is 1. The molecule has 19 nitrogen and oxygen atoms in total. The number of fused-ring (bicyclic) bond motifs is 1. The number of nitrogens with one attached hydrogen (secondary N) is 1. The minimum atomic E-state index is -5.73. The number of ether oxygens (including phenoxy) is 1. The summed E-state index contributed by atoms with van der Waals surface area (Å²) in [5.74, 6) is -0.276. The Morgan fingerprint density at radius 2 is 1.66 bits per heavy atom. The van der Waals surface area contributed by atoms with Crippen LogP contribution in [0.4, 0.5) is 5.95 Å². The van der Waals surface area contributed by atoms with Crippen LogP contribution in [0.25, 0.3) is 11.2 Å². The number of aromatic amines is 1. The van der Waals surface area contributed by atoms with Crippen molar-refractivity contribution in [3.63, 3.8) is 0 Å². The molecule has 0 aliphatic carbocycles. The van der Waals surface area contributed by atoms with E-state index in [1.54, 1.807) is 0 Å². The monoisotopic (exact) mass is 592 g/mol. The van der Waals surface area contributed by atoms with Gasteiger partial charge in [-0.1, -0.05) is 0 Å². The second-order valence-electron chi connectivity index (χ2n) is 6.21. The van der Waals surface area contributed by atoms with E-state index in [0.29, 0.717) is 0 Å². The molecule has 2 aromatic heterocycles. The van der Waals surface area contributed by atoms with Crippen molar-refractivity contribution in [2.24, 2.45) is 0 Å². The zero-order valence-corrected chi connectivity index (χ0v) is 27.0. The van der Waals surface area contributed by atoms with Gasteiger partial charge in [-0.25, -0.2) is 18.7 Å². The maximum Gasteiger partial charge on any atom is 0.490 e. The third kappa shape index (κ3) is 9.54. The average molecular weight is 592 g/mol. The predicted molar refractivity (Wildman–Crippen MR) is 116 cm³/mol. The molecule has 0 amide bonds.